The van der Waals surface area contributed by atoms with Crippen molar-refractivity contribution in [3.63, 3.8) is 0 Å². The number of halogens is 1. The lowest BCUT2D eigenvalue weighted by Gasteiger charge is -2.17. The summed E-state index contributed by atoms with van der Waals surface area (Å²) in [5.74, 6) is -0.916. The molecule has 0 radical (unpaired) electrons. The number of phenols is 1. The molecule has 0 unspecified atom stereocenters. The number of benzene rings is 2. The minimum atomic E-state index is -0.595. The van der Waals surface area contributed by atoms with Gasteiger partial charge in [0.1, 0.15) is 0 Å². The molecule has 3 nitrogen and oxygen atoms in total. The van der Waals surface area contributed by atoms with Crippen LogP contribution in [0.25, 0.3) is 0 Å². The zero-order chi connectivity index (χ0) is 14.7. The second kappa shape index (κ2) is 5.82. The van der Waals surface area contributed by atoms with Crippen molar-refractivity contribution in [3.8, 4) is 5.75 Å². The van der Waals surface area contributed by atoms with Gasteiger partial charge in [0.05, 0.1) is 0 Å². The van der Waals surface area contributed by atoms with E-state index in [4.69, 9.17) is 5.11 Å². The van der Waals surface area contributed by atoms with E-state index in [-0.39, 0.29) is 5.75 Å². The van der Waals surface area contributed by atoms with Crippen LogP contribution < -0.4 is 10.2 Å². The molecule has 0 saturated carbocycles. The minimum absolute atomic E-state index is 0.320. The van der Waals surface area contributed by atoms with Crippen LogP contribution in [0, 0.1) is 12.7 Å². The largest absolute Gasteiger partial charge is 0.505 e. The van der Waals surface area contributed by atoms with E-state index in [0.717, 1.165) is 16.9 Å². The number of hydrogen-bond donors (Lipinski definition) is 2. The van der Waals surface area contributed by atoms with Gasteiger partial charge in [0.15, 0.2) is 11.6 Å². The molecule has 4 heteroatoms. The van der Waals surface area contributed by atoms with Crippen molar-refractivity contribution >= 4 is 11.4 Å². The highest BCUT2D eigenvalue weighted by Crippen LogP contribution is 2.23. The van der Waals surface area contributed by atoms with Crippen LogP contribution in [-0.2, 0) is 6.54 Å². The van der Waals surface area contributed by atoms with Crippen LogP contribution >= 0.6 is 0 Å². The molecule has 106 valence electrons. The smallest absolute Gasteiger partial charge is 0.165 e. The van der Waals surface area contributed by atoms with Crippen LogP contribution in [-0.4, -0.2) is 19.2 Å². The molecule has 0 spiro atoms. The van der Waals surface area contributed by atoms with Crippen LogP contribution in [0.3, 0.4) is 0 Å². The standard InChI is InChI=1S/C16H19FN2O/c1-11-4-6-13(9-15(11)19(2)3)18-10-12-5-7-16(20)14(17)8-12/h4-9,18,20H,10H2,1-3H3. The van der Waals surface area contributed by atoms with Crippen molar-refractivity contribution < 1.29 is 9.50 Å². The number of hydrogen-bond acceptors (Lipinski definition) is 3. The Morgan fingerprint density at radius 2 is 1.90 bits per heavy atom. The van der Waals surface area contributed by atoms with Gasteiger partial charge in [0.25, 0.3) is 0 Å². The van der Waals surface area contributed by atoms with E-state index in [9.17, 15) is 4.39 Å². The minimum Gasteiger partial charge on any atom is -0.505 e. The van der Waals surface area contributed by atoms with E-state index in [1.807, 2.05) is 20.2 Å². The highest BCUT2D eigenvalue weighted by atomic mass is 19.1. The van der Waals surface area contributed by atoms with Crippen molar-refractivity contribution in [1.29, 1.82) is 0 Å². The van der Waals surface area contributed by atoms with Crippen LogP contribution in [0.15, 0.2) is 36.4 Å². The van der Waals surface area contributed by atoms with Crippen LogP contribution in [0.4, 0.5) is 15.8 Å². The Bertz CT molecular complexity index is 611. The number of phenolic OH excluding ortho intramolecular Hbond substituents is 1. The molecule has 2 aromatic carbocycles. The predicted octanol–water partition coefficient (Wildman–Crippen LogP) is 3.52. The maximum atomic E-state index is 13.2. The van der Waals surface area contributed by atoms with Crippen molar-refractivity contribution in [2.24, 2.45) is 0 Å². The quantitative estimate of drug-likeness (QED) is 0.895. The maximum absolute atomic E-state index is 13.2. The molecule has 0 aliphatic heterocycles. The van der Waals surface area contributed by atoms with Crippen LogP contribution in [0.5, 0.6) is 5.75 Å². The number of aromatic hydroxyl groups is 1. The summed E-state index contributed by atoms with van der Waals surface area (Å²) >= 11 is 0. The Morgan fingerprint density at radius 3 is 2.55 bits per heavy atom. The number of rotatable bonds is 4. The predicted molar refractivity (Wildman–Crippen MR) is 80.9 cm³/mol. The fourth-order valence-electron chi connectivity index (χ4n) is 2.07. The van der Waals surface area contributed by atoms with Crippen LogP contribution in [0.1, 0.15) is 11.1 Å². The van der Waals surface area contributed by atoms with E-state index in [2.05, 4.69) is 29.3 Å². The molecular weight excluding hydrogens is 255 g/mol. The first kappa shape index (κ1) is 14.2. The molecule has 2 aromatic rings. The molecule has 2 rings (SSSR count). The number of aryl methyl sites for hydroxylation is 1. The Morgan fingerprint density at radius 1 is 1.15 bits per heavy atom. The first-order valence-corrected chi connectivity index (χ1v) is 6.46. The number of anilines is 2. The molecule has 0 amide bonds. The lowest BCUT2D eigenvalue weighted by molar-refractivity contribution is 0.432. The van der Waals surface area contributed by atoms with E-state index in [1.165, 1.54) is 17.7 Å². The molecule has 20 heavy (non-hydrogen) atoms. The summed E-state index contributed by atoms with van der Waals surface area (Å²) in [6, 6.07) is 10.5. The molecule has 0 heterocycles. The average molecular weight is 274 g/mol. The second-order valence-electron chi connectivity index (χ2n) is 5.04. The summed E-state index contributed by atoms with van der Waals surface area (Å²) < 4.78 is 13.2. The summed E-state index contributed by atoms with van der Waals surface area (Å²) in [6.45, 7) is 2.57. The topological polar surface area (TPSA) is 35.5 Å². The molecule has 2 N–H and O–H groups in total. The molecule has 0 aromatic heterocycles. The van der Waals surface area contributed by atoms with Crippen LogP contribution in [0.2, 0.25) is 0 Å². The van der Waals surface area contributed by atoms with E-state index in [1.54, 1.807) is 6.07 Å². The van der Waals surface area contributed by atoms with Gasteiger partial charge in [-0.3, -0.25) is 0 Å². The van der Waals surface area contributed by atoms with Crippen molar-refractivity contribution in [3.05, 3.63) is 53.3 Å². The van der Waals surface area contributed by atoms with E-state index < -0.39 is 5.82 Å². The summed E-state index contributed by atoms with van der Waals surface area (Å²) in [5.41, 5.74) is 4.11. The highest BCUT2D eigenvalue weighted by molar-refractivity contribution is 5.61. The third-order valence-electron chi connectivity index (χ3n) is 3.20. The lowest BCUT2D eigenvalue weighted by atomic mass is 10.1. The van der Waals surface area contributed by atoms with Gasteiger partial charge in [0, 0.05) is 32.0 Å². The van der Waals surface area contributed by atoms with Gasteiger partial charge >= 0.3 is 0 Å². The van der Waals surface area contributed by atoms with Gasteiger partial charge < -0.3 is 15.3 Å². The molecule has 0 aliphatic carbocycles. The van der Waals surface area contributed by atoms with Gasteiger partial charge in [-0.15, -0.1) is 0 Å². The first-order chi connectivity index (χ1) is 9.47. The summed E-state index contributed by atoms with van der Waals surface area (Å²) in [6.07, 6.45) is 0. The van der Waals surface area contributed by atoms with E-state index in [0.29, 0.717) is 6.54 Å². The monoisotopic (exact) mass is 274 g/mol. The maximum Gasteiger partial charge on any atom is 0.165 e. The zero-order valence-electron chi connectivity index (χ0n) is 11.9. The third kappa shape index (κ3) is 3.20. The van der Waals surface area contributed by atoms with Crippen molar-refractivity contribution in [2.45, 2.75) is 13.5 Å². The Kier molecular flexibility index (Phi) is 4.13. The van der Waals surface area contributed by atoms with Crippen molar-refractivity contribution in [1.82, 2.24) is 0 Å². The zero-order valence-corrected chi connectivity index (χ0v) is 11.9. The van der Waals surface area contributed by atoms with Gasteiger partial charge in [0.2, 0.25) is 0 Å². The Labute approximate surface area is 118 Å². The Hall–Kier alpha value is -2.23. The molecule has 0 saturated heterocycles. The summed E-state index contributed by atoms with van der Waals surface area (Å²) in [5, 5.41) is 12.4. The van der Waals surface area contributed by atoms with Crippen molar-refractivity contribution in [2.75, 3.05) is 24.3 Å². The Balaban J connectivity index is 2.10. The fraction of sp³-hybridized carbons (Fsp3) is 0.250. The average Bonchev–Trinajstić information content (AvgIpc) is 2.41. The number of nitrogens with zero attached hydrogens (tertiary/aromatic N) is 1. The molecule has 0 aliphatic rings. The second-order valence-corrected chi connectivity index (χ2v) is 5.04. The number of nitrogens with one attached hydrogen (secondary N) is 1. The molecule has 0 bridgehead atoms. The fourth-order valence-corrected chi connectivity index (χ4v) is 2.07. The van der Waals surface area contributed by atoms with E-state index >= 15 is 0 Å². The van der Waals surface area contributed by atoms with Gasteiger partial charge in [-0.1, -0.05) is 12.1 Å². The summed E-state index contributed by atoms with van der Waals surface area (Å²) in [4.78, 5) is 2.06. The normalized spacial score (nSPS) is 10.4. The lowest BCUT2D eigenvalue weighted by Crippen LogP contribution is -2.11. The first-order valence-electron chi connectivity index (χ1n) is 6.46. The SMILES string of the molecule is Cc1ccc(NCc2ccc(O)c(F)c2)cc1N(C)C. The molecule has 0 fully saturated rings. The molecule has 0 atom stereocenters. The third-order valence-corrected chi connectivity index (χ3v) is 3.20. The molecular formula is C16H19FN2O. The van der Waals surface area contributed by atoms with Gasteiger partial charge in [-0.25, -0.2) is 4.39 Å². The van der Waals surface area contributed by atoms with Gasteiger partial charge in [-0.2, -0.15) is 0 Å². The van der Waals surface area contributed by atoms with Gasteiger partial charge in [-0.05, 0) is 42.3 Å². The highest BCUT2D eigenvalue weighted by Gasteiger charge is 2.04. The summed E-state index contributed by atoms with van der Waals surface area (Å²) in [7, 11) is 4.00.